The Balaban J connectivity index is 1.97. The van der Waals surface area contributed by atoms with Crippen LogP contribution >= 0.6 is 11.6 Å². The predicted octanol–water partition coefficient (Wildman–Crippen LogP) is 2.83. The molecule has 1 aliphatic rings. The van der Waals surface area contributed by atoms with E-state index in [-0.39, 0.29) is 19.6 Å². The first kappa shape index (κ1) is 21.2. The van der Waals surface area contributed by atoms with Gasteiger partial charge in [-0.1, -0.05) is 18.2 Å². The van der Waals surface area contributed by atoms with Gasteiger partial charge in [0.15, 0.2) is 5.82 Å². The van der Waals surface area contributed by atoms with E-state index in [1.807, 2.05) is 25.2 Å². The Hall–Kier alpha value is -2.15. The van der Waals surface area contributed by atoms with Gasteiger partial charge >= 0.3 is 11.9 Å². The number of aromatic nitrogens is 3. The van der Waals surface area contributed by atoms with Gasteiger partial charge in [-0.05, 0) is 34.1 Å². The summed E-state index contributed by atoms with van der Waals surface area (Å²) in [4.78, 5) is 28.0. The van der Waals surface area contributed by atoms with Crippen molar-refractivity contribution >= 4 is 29.1 Å². The van der Waals surface area contributed by atoms with Crippen LogP contribution in [0.3, 0.4) is 0 Å². The third-order valence-corrected chi connectivity index (χ3v) is 4.45. The van der Waals surface area contributed by atoms with Gasteiger partial charge in [0, 0.05) is 12.6 Å². The molecule has 0 aliphatic heterocycles. The number of hydrogen-bond acceptors (Lipinski definition) is 6. The fourth-order valence-electron chi connectivity index (χ4n) is 2.39. The molecule has 0 radical (unpaired) electrons. The van der Waals surface area contributed by atoms with Crippen LogP contribution in [0, 0.1) is 5.41 Å². The molecule has 0 spiro atoms. The van der Waals surface area contributed by atoms with E-state index in [1.165, 1.54) is 0 Å². The Morgan fingerprint density at radius 1 is 1.37 bits per heavy atom. The van der Waals surface area contributed by atoms with Crippen molar-refractivity contribution in [2.45, 2.75) is 45.4 Å². The number of ether oxygens (including phenoxy) is 2. The molecule has 0 N–H and O–H groups in total. The van der Waals surface area contributed by atoms with E-state index in [9.17, 15) is 9.59 Å². The summed E-state index contributed by atoms with van der Waals surface area (Å²) in [5, 5.41) is 4.36. The van der Waals surface area contributed by atoms with Crippen molar-refractivity contribution in [3.8, 4) is 0 Å². The van der Waals surface area contributed by atoms with Gasteiger partial charge in [-0.3, -0.25) is 14.3 Å². The van der Waals surface area contributed by atoms with Crippen molar-refractivity contribution in [2.24, 2.45) is 12.5 Å². The van der Waals surface area contributed by atoms with Crippen LogP contribution in [0.25, 0.3) is 5.57 Å². The second-order valence-corrected chi connectivity index (χ2v) is 8.26. The van der Waals surface area contributed by atoms with Crippen molar-refractivity contribution < 1.29 is 19.1 Å². The first-order valence-corrected chi connectivity index (χ1v) is 9.23. The van der Waals surface area contributed by atoms with Crippen molar-refractivity contribution in [1.29, 1.82) is 0 Å². The van der Waals surface area contributed by atoms with Crippen LogP contribution in [0.15, 0.2) is 18.2 Å². The Kier molecular flexibility index (Phi) is 6.46. The van der Waals surface area contributed by atoms with Gasteiger partial charge in [-0.15, -0.1) is 11.6 Å². The van der Waals surface area contributed by atoms with Gasteiger partial charge in [0.1, 0.15) is 18.9 Å². The van der Waals surface area contributed by atoms with Crippen LogP contribution in [0.5, 0.6) is 0 Å². The molecular formula is C19H26ClN3O4. The number of aryl methyl sites for hydroxylation is 1. The average Bonchev–Trinajstić information content (AvgIpc) is 2.94. The molecule has 1 unspecified atom stereocenters. The molecule has 1 aromatic heterocycles. The molecule has 0 fully saturated rings. The highest BCUT2D eigenvalue weighted by Gasteiger charge is 2.31. The maximum absolute atomic E-state index is 12.2. The first-order valence-electron chi connectivity index (χ1n) is 8.85. The van der Waals surface area contributed by atoms with Gasteiger partial charge in [-0.2, -0.15) is 5.10 Å². The number of carbonyl (C=O) groups is 2. The normalized spacial score (nSPS) is 19.6. The van der Waals surface area contributed by atoms with E-state index in [4.69, 9.17) is 21.1 Å². The lowest BCUT2D eigenvalue weighted by atomic mass is 9.95. The molecule has 0 bridgehead atoms. The highest BCUT2D eigenvalue weighted by molar-refractivity contribution is 6.25. The number of esters is 2. The Morgan fingerprint density at radius 3 is 2.67 bits per heavy atom. The molecule has 148 valence electrons. The molecule has 1 atom stereocenters. The third-order valence-electron chi connectivity index (χ3n) is 4.17. The summed E-state index contributed by atoms with van der Waals surface area (Å²) < 4.78 is 11.8. The molecule has 1 heterocycles. The maximum atomic E-state index is 12.2. The number of allylic oxidation sites excluding steroid dienone is 4. The molecule has 1 aromatic rings. The summed E-state index contributed by atoms with van der Waals surface area (Å²) in [5.41, 5.74) is -0.0328. The van der Waals surface area contributed by atoms with Gasteiger partial charge in [0.25, 0.3) is 0 Å². The van der Waals surface area contributed by atoms with E-state index in [2.05, 4.69) is 10.1 Å². The van der Waals surface area contributed by atoms with Crippen LogP contribution in [0.1, 0.15) is 45.8 Å². The van der Waals surface area contributed by atoms with Crippen molar-refractivity contribution in [3.63, 3.8) is 0 Å². The van der Waals surface area contributed by atoms with E-state index >= 15 is 0 Å². The summed E-state index contributed by atoms with van der Waals surface area (Å²) in [6.07, 6.45) is 6.42. The third kappa shape index (κ3) is 5.66. The van der Waals surface area contributed by atoms with Crippen LogP contribution in [-0.4, -0.2) is 44.8 Å². The molecule has 0 amide bonds. The van der Waals surface area contributed by atoms with Crippen molar-refractivity contribution in [3.05, 3.63) is 29.9 Å². The van der Waals surface area contributed by atoms with Gasteiger partial charge in [-0.25, -0.2) is 4.98 Å². The fraction of sp³-hybridized carbons (Fsp3) is 0.579. The van der Waals surface area contributed by atoms with E-state index in [0.717, 1.165) is 5.57 Å². The fourth-order valence-corrected chi connectivity index (χ4v) is 2.53. The summed E-state index contributed by atoms with van der Waals surface area (Å²) in [5.74, 6) is 0.144. The molecule has 2 rings (SSSR count). The zero-order valence-electron chi connectivity index (χ0n) is 16.4. The van der Waals surface area contributed by atoms with Crippen LogP contribution in [0.2, 0.25) is 0 Å². The van der Waals surface area contributed by atoms with Gasteiger partial charge in [0.2, 0.25) is 0 Å². The van der Waals surface area contributed by atoms with E-state index in [1.54, 1.807) is 32.5 Å². The standard InChI is InChI=1S/C19H26ClN3O4/c1-6-26-17(25)18(2,3)12-27-15(24)11-14-21-16(22-23(14)5)13-7-9-19(4,20)10-8-13/h7-9H,6,10-12H2,1-5H3. The lowest BCUT2D eigenvalue weighted by Crippen LogP contribution is -2.33. The van der Waals surface area contributed by atoms with Crippen molar-refractivity contribution in [1.82, 2.24) is 14.8 Å². The topological polar surface area (TPSA) is 83.3 Å². The van der Waals surface area contributed by atoms with Crippen LogP contribution in [0.4, 0.5) is 0 Å². The zero-order chi connectivity index (χ0) is 20.2. The molecule has 1 aliphatic carbocycles. The van der Waals surface area contributed by atoms with Crippen molar-refractivity contribution in [2.75, 3.05) is 13.2 Å². The summed E-state index contributed by atoms with van der Waals surface area (Å²) >= 11 is 6.27. The SMILES string of the molecule is CCOC(=O)C(C)(C)COC(=O)Cc1nc(C2=CCC(C)(Cl)C=C2)nn1C. The monoisotopic (exact) mass is 395 g/mol. The first-order chi connectivity index (χ1) is 12.5. The Bertz CT molecular complexity index is 778. The summed E-state index contributed by atoms with van der Waals surface area (Å²) in [7, 11) is 1.72. The smallest absolute Gasteiger partial charge is 0.314 e. The van der Waals surface area contributed by atoms with E-state index < -0.39 is 22.2 Å². The second kappa shape index (κ2) is 8.25. The summed E-state index contributed by atoms with van der Waals surface area (Å²) in [6.45, 7) is 7.23. The molecule has 0 saturated carbocycles. The zero-order valence-corrected chi connectivity index (χ0v) is 17.2. The minimum Gasteiger partial charge on any atom is -0.465 e. The lowest BCUT2D eigenvalue weighted by molar-refractivity contribution is -0.160. The second-order valence-electron chi connectivity index (χ2n) is 7.39. The molecule has 8 heteroatoms. The molecule has 7 nitrogen and oxygen atoms in total. The quantitative estimate of drug-likeness (QED) is 0.521. The number of halogens is 1. The van der Waals surface area contributed by atoms with Gasteiger partial charge in [0.05, 0.1) is 16.9 Å². The number of rotatable bonds is 7. The summed E-state index contributed by atoms with van der Waals surface area (Å²) in [6, 6.07) is 0. The lowest BCUT2D eigenvalue weighted by Gasteiger charge is -2.21. The van der Waals surface area contributed by atoms with Crippen LogP contribution < -0.4 is 0 Å². The number of alkyl halides is 1. The van der Waals surface area contributed by atoms with Gasteiger partial charge < -0.3 is 9.47 Å². The minimum atomic E-state index is -0.900. The Labute approximate surface area is 164 Å². The predicted molar refractivity (Wildman–Crippen MR) is 102 cm³/mol. The molecule has 27 heavy (non-hydrogen) atoms. The molecule has 0 saturated heterocycles. The largest absolute Gasteiger partial charge is 0.465 e. The minimum absolute atomic E-state index is 0.0351. The number of nitrogens with zero attached hydrogens (tertiary/aromatic N) is 3. The Morgan fingerprint density at radius 2 is 2.07 bits per heavy atom. The molecule has 0 aromatic carbocycles. The number of carbonyl (C=O) groups excluding carboxylic acids is 2. The van der Waals surface area contributed by atoms with E-state index in [0.29, 0.717) is 18.1 Å². The highest BCUT2D eigenvalue weighted by Crippen LogP contribution is 2.30. The molecular weight excluding hydrogens is 370 g/mol. The average molecular weight is 396 g/mol. The highest BCUT2D eigenvalue weighted by atomic mass is 35.5. The number of hydrogen-bond donors (Lipinski definition) is 0. The van der Waals surface area contributed by atoms with Crippen LogP contribution in [-0.2, 0) is 32.5 Å². The maximum Gasteiger partial charge on any atom is 0.314 e.